The number of anilines is 1. The molecule has 0 saturated carbocycles. The second-order valence-electron chi connectivity index (χ2n) is 3.86. The van der Waals surface area contributed by atoms with Crippen LogP contribution in [0.25, 0.3) is 0 Å². The zero-order valence-electron chi connectivity index (χ0n) is 9.96. The number of rotatable bonds is 3. The third-order valence-corrected chi connectivity index (χ3v) is 2.88. The van der Waals surface area contributed by atoms with E-state index in [1.54, 1.807) is 6.07 Å². The maximum absolute atomic E-state index is 10.7. The van der Waals surface area contributed by atoms with Crippen LogP contribution in [0, 0.1) is 17.0 Å². The van der Waals surface area contributed by atoms with E-state index in [0.29, 0.717) is 5.75 Å². The average molecular weight is 324 g/mol. The van der Waals surface area contributed by atoms with Crippen LogP contribution in [-0.4, -0.2) is 9.91 Å². The van der Waals surface area contributed by atoms with E-state index in [4.69, 9.17) is 10.5 Å². The fourth-order valence-electron chi connectivity index (χ4n) is 1.47. The summed E-state index contributed by atoms with van der Waals surface area (Å²) in [5.41, 5.74) is 6.24. The summed E-state index contributed by atoms with van der Waals surface area (Å²) in [7, 11) is 0. The van der Waals surface area contributed by atoms with Crippen LogP contribution in [0.3, 0.4) is 0 Å². The van der Waals surface area contributed by atoms with Crippen molar-refractivity contribution in [3.63, 3.8) is 0 Å². The van der Waals surface area contributed by atoms with Crippen molar-refractivity contribution in [2.75, 3.05) is 5.73 Å². The molecule has 6 nitrogen and oxygen atoms in total. The summed E-state index contributed by atoms with van der Waals surface area (Å²) in [6.45, 7) is 1.86. The first-order valence-electron chi connectivity index (χ1n) is 5.31. The van der Waals surface area contributed by atoms with Crippen LogP contribution in [0.2, 0.25) is 0 Å². The Morgan fingerprint density at radius 2 is 2.11 bits per heavy atom. The number of hydrogen-bond donors (Lipinski definition) is 1. The summed E-state index contributed by atoms with van der Waals surface area (Å²) in [5.74, 6) is 0.687. The Kier molecular flexibility index (Phi) is 3.66. The number of aromatic nitrogens is 1. The molecular formula is C12H10BrN3O3. The maximum atomic E-state index is 10.7. The summed E-state index contributed by atoms with van der Waals surface area (Å²) in [5, 5.41) is 10.7. The van der Waals surface area contributed by atoms with Gasteiger partial charge in [-0.1, -0.05) is 22.0 Å². The number of ether oxygens (including phenoxy) is 1. The van der Waals surface area contributed by atoms with Gasteiger partial charge in [0.1, 0.15) is 11.6 Å². The van der Waals surface area contributed by atoms with E-state index in [1.807, 2.05) is 19.1 Å². The molecule has 7 heteroatoms. The van der Waals surface area contributed by atoms with Gasteiger partial charge < -0.3 is 10.5 Å². The summed E-state index contributed by atoms with van der Waals surface area (Å²) in [6.07, 6.45) is 0. The first-order valence-corrected chi connectivity index (χ1v) is 6.11. The molecule has 0 unspecified atom stereocenters. The second-order valence-corrected chi connectivity index (χ2v) is 4.77. The summed E-state index contributed by atoms with van der Waals surface area (Å²) in [6, 6.07) is 7.90. The standard InChI is InChI=1S/C12H10BrN3O3/c1-7-2-3-8(13)4-10(7)19-12-6-9(16(17)18)5-11(14)15-12/h2-6H,1H3,(H2,14,15). The van der Waals surface area contributed by atoms with E-state index in [-0.39, 0.29) is 17.4 Å². The Labute approximate surface area is 117 Å². The van der Waals surface area contributed by atoms with E-state index < -0.39 is 4.92 Å². The van der Waals surface area contributed by atoms with Gasteiger partial charge in [0.05, 0.1) is 17.1 Å². The highest BCUT2D eigenvalue weighted by Gasteiger charge is 2.12. The molecule has 2 N–H and O–H groups in total. The lowest BCUT2D eigenvalue weighted by Gasteiger charge is -2.08. The Hall–Kier alpha value is -2.15. The van der Waals surface area contributed by atoms with Gasteiger partial charge >= 0.3 is 0 Å². The zero-order chi connectivity index (χ0) is 14.0. The summed E-state index contributed by atoms with van der Waals surface area (Å²) in [4.78, 5) is 14.1. The molecule has 2 aromatic rings. The number of benzene rings is 1. The van der Waals surface area contributed by atoms with Crippen LogP contribution >= 0.6 is 15.9 Å². The van der Waals surface area contributed by atoms with Gasteiger partial charge in [0.15, 0.2) is 0 Å². The molecule has 0 atom stereocenters. The first-order chi connectivity index (χ1) is 8.95. The molecule has 0 aliphatic carbocycles. The molecule has 19 heavy (non-hydrogen) atoms. The lowest BCUT2D eigenvalue weighted by Crippen LogP contribution is -1.98. The molecule has 0 amide bonds. The molecule has 98 valence electrons. The molecule has 0 aliphatic heterocycles. The number of nitrogens with zero attached hydrogens (tertiary/aromatic N) is 2. The largest absolute Gasteiger partial charge is 0.438 e. The molecular weight excluding hydrogens is 314 g/mol. The van der Waals surface area contributed by atoms with Crippen molar-refractivity contribution in [1.29, 1.82) is 0 Å². The molecule has 1 aromatic carbocycles. The second kappa shape index (κ2) is 5.23. The van der Waals surface area contributed by atoms with Gasteiger partial charge in [-0.3, -0.25) is 10.1 Å². The molecule has 0 aliphatic rings. The van der Waals surface area contributed by atoms with E-state index >= 15 is 0 Å². The van der Waals surface area contributed by atoms with Gasteiger partial charge in [0.25, 0.3) is 5.69 Å². The minimum atomic E-state index is -0.543. The monoisotopic (exact) mass is 323 g/mol. The van der Waals surface area contributed by atoms with Gasteiger partial charge in [-0.15, -0.1) is 0 Å². The van der Waals surface area contributed by atoms with Gasteiger partial charge in [0, 0.05) is 4.47 Å². The van der Waals surface area contributed by atoms with Crippen LogP contribution in [0.4, 0.5) is 11.5 Å². The van der Waals surface area contributed by atoms with Gasteiger partial charge in [-0.05, 0) is 24.6 Å². The van der Waals surface area contributed by atoms with E-state index in [9.17, 15) is 10.1 Å². The van der Waals surface area contributed by atoms with Crippen molar-refractivity contribution in [2.24, 2.45) is 0 Å². The molecule has 1 aromatic heterocycles. The predicted molar refractivity (Wildman–Crippen MR) is 74.3 cm³/mol. The topological polar surface area (TPSA) is 91.3 Å². The quantitative estimate of drug-likeness (QED) is 0.690. The van der Waals surface area contributed by atoms with Crippen molar-refractivity contribution < 1.29 is 9.66 Å². The average Bonchev–Trinajstić information content (AvgIpc) is 2.33. The molecule has 0 bridgehead atoms. The summed E-state index contributed by atoms with van der Waals surface area (Å²) < 4.78 is 6.38. The highest BCUT2D eigenvalue weighted by Crippen LogP contribution is 2.29. The van der Waals surface area contributed by atoms with E-state index in [0.717, 1.165) is 10.0 Å². The SMILES string of the molecule is Cc1ccc(Br)cc1Oc1cc([N+](=O)[O-])cc(N)n1. The van der Waals surface area contributed by atoms with Gasteiger partial charge in [0.2, 0.25) is 5.88 Å². The van der Waals surface area contributed by atoms with Crippen molar-refractivity contribution in [3.05, 3.63) is 50.5 Å². The highest BCUT2D eigenvalue weighted by atomic mass is 79.9. The third-order valence-electron chi connectivity index (χ3n) is 2.38. The maximum Gasteiger partial charge on any atom is 0.278 e. The number of nitrogen functional groups attached to an aromatic ring is 1. The lowest BCUT2D eigenvalue weighted by atomic mass is 10.2. The Balaban J connectivity index is 2.38. The summed E-state index contributed by atoms with van der Waals surface area (Å²) >= 11 is 3.33. The van der Waals surface area contributed by atoms with Crippen molar-refractivity contribution >= 4 is 27.4 Å². The normalized spacial score (nSPS) is 10.2. The van der Waals surface area contributed by atoms with Gasteiger partial charge in [-0.25, -0.2) is 0 Å². The zero-order valence-corrected chi connectivity index (χ0v) is 11.5. The van der Waals surface area contributed by atoms with Crippen LogP contribution in [0.1, 0.15) is 5.56 Å². The molecule has 0 spiro atoms. The molecule has 0 fully saturated rings. The smallest absolute Gasteiger partial charge is 0.278 e. The number of halogens is 1. The van der Waals surface area contributed by atoms with Gasteiger partial charge in [-0.2, -0.15) is 4.98 Å². The molecule has 2 rings (SSSR count). The van der Waals surface area contributed by atoms with Crippen LogP contribution in [0.5, 0.6) is 11.6 Å². The number of nitro groups is 1. The van der Waals surface area contributed by atoms with Crippen LogP contribution < -0.4 is 10.5 Å². The third kappa shape index (κ3) is 3.19. The number of hydrogen-bond acceptors (Lipinski definition) is 5. The first kappa shape index (κ1) is 13.3. The Morgan fingerprint density at radius 1 is 1.37 bits per heavy atom. The van der Waals surface area contributed by atoms with Crippen molar-refractivity contribution in [2.45, 2.75) is 6.92 Å². The van der Waals surface area contributed by atoms with Crippen LogP contribution in [0.15, 0.2) is 34.8 Å². The number of aryl methyl sites for hydroxylation is 1. The minimum Gasteiger partial charge on any atom is -0.438 e. The minimum absolute atomic E-state index is 0.0387. The lowest BCUT2D eigenvalue weighted by molar-refractivity contribution is -0.384. The fourth-order valence-corrected chi connectivity index (χ4v) is 1.81. The van der Waals surface area contributed by atoms with Crippen molar-refractivity contribution in [3.8, 4) is 11.6 Å². The Bertz CT molecular complexity index is 646. The highest BCUT2D eigenvalue weighted by molar-refractivity contribution is 9.10. The van der Waals surface area contributed by atoms with Crippen LogP contribution in [-0.2, 0) is 0 Å². The number of pyridine rings is 1. The van der Waals surface area contributed by atoms with E-state index in [1.165, 1.54) is 12.1 Å². The van der Waals surface area contributed by atoms with E-state index in [2.05, 4.69) is 20.9 Å². The number of nitrogens with two attached hydrogens (primary N) is 1. The predicted octanol–water partition coefficient (Wildman–Crippen LogP) is 3.44. The molecule has 0 radical (unpaired) electrons. The Morgan fingerprint density at radius 3 is 2.79 bits per heavy atom. The van der Waals surface area contributed by atoms with Crippen molar-refractivity contribution in [1.82, 2.24) is 4.98 Å². The molecule has 0 saturated heterocycles. The fraction of sp³-hybridized carbons (Fsp3) is 0.0833. The molecule has 1 heterocycles.